The molecule has 3 saturated heterocycles. The summed E-state index contributed by atoms with van der Waals surface area (Å²) in [6, 6.07) is 7.24. The van der Waals surface area contributed by atoms with Crippen molar-refractivity contribution in [1.29, 1.82) is 0 Å². The molecule has 1 aromatic heterocycles. The first-order valence-corrected chi connectivity index (χ1v) is 15.5. The zero-order chi connectivity index (χ0) is 27.2. The molecule has 1 unspecified atom stereocenters. The first-order chi connectivity index (χ1) is 18.0. The van der Waals surface area contributed by atoms with Crippen molar-refractivity contribution >= 4 is 27.1 Å². The number of piperidine rings is 1. The van der Waals surface area contributed by atoms with E-state index in [1.165, 1.54) is 15.1 Å². The number of aliphatic hydroxyl groups is 1. The maximum Gasteiger partial charge on any atom is 0.337 e. The number of nitrogens with one attached hydrogen (secondary N) is 1. The third-order valence-electron chi connectivity index (χ3n) is 8.46. The first-order valence-electron chi connectivity index (χ1n) is 13.7. The van der Waals surface area contributed by atoms with Gasteiger partial charge in [0.25, 0.3) is 0 Å². The topological polar surface area (TPSA) is 120 Å². The zero-order valence-corrected chi connectivity index (χ0v) is 23.3. The Labute approximate surface area is 224 Å². The average molecular weight is 549 g/mol. The highest BCUT2D eigenvalue weighted by atomic mass is 32.2. The molecule has 2 aromatic rings. The van der Waals surface area contributed by atoms with E-state index in [4.69, 9.17) is 0 Å². The van der Waals surface area contributed by atoms with Gasteiger partial charge in [-0.05, 0) is 58.1 Å². The number of sulfonamides is 1. The van der Waals surface area contributed by atoms with E-state index in [-0.39, 0.29) is 29.9 Å². The number of hydrogen-bond donors (Lipinski definition) is 2. The van der Waals surface area contributed by atoms with Gasteiger partial charge in [-0.2, -0.15) is 4.31 Å². The smallest absolute Gasteiger partial charge is 0.337 e. The molecule has 0 radical (unpaired) electrons. The van der Waals surface area contributed by atoms with Crippen molar-refractivity contribution in [2.75, 3.05) is 39.0 Å². The number of carbonyl (C=O) groups is 1. The molecule has 1 amide bonds. The second-order valence-corrected chi connectivity index (χ2v) is 13.3. The van der Waals surface area contributed by atoms with Crippen LogP contribution >= 0.6 is 0 Å². The van der Waals surface area contributed by atoms with E-state index in [9.17, 15) is 23.1 Å². The minimum atomic E-state index is -3.15. The van der Waals surface area contributed by atoms with Crippen LogP contribution in [0.1, 0.15) is 52.0 Å². The number of aliphatic hydroxyl groups excluding tert-OH is 1. The molecule has 2 N–H and O–H groups in total. The quantitative estimate of drug-likeness (QED) is 0.534. The van der Waals surface area contributed by atoms with E-state index in [1.54, 1.807) is 10.6 Å². The van der Waals surface area contributed by atoms with Crippen molar-refractivity contribution in [2.45, 2.75) is 76.3 Å². The van der Waals surface area contributed by atoms with Gasteiger partial charge in [-0.25, -0.2) is 22.6 Å². The van der Waals surface area contributed by atoms with Crippen molar-refractivity contribution in [3.8, 4) is 0 Å². The summed E-state index contributed by atoms with van der Waals surface area (Å²) in [5.41, 5.74) is 1.03. The number of aromatic nitrogens is 2. The Kier molecular flexibility index (Phi) is 7.71. The van der Waals surface area contributed by atoms with E-state index in [0.29, 0.717) is 38.1 Å². The van der Waals surface area contributed by atoms with Gasteiger partial charge in [0, 0.05) is 56.9 Å². The standard InChI is InChI=1S/C26H40N6O5S/c1-18(2)30-22-6-4-5-7-23(22)32(26(30)35)25(34)27-19-16-20-8-9-21(17-19)31(20)24(33)10-11-28-12-14-29(15-13-28)38(3,36)37/h4-7,18-21,24,33H,8-17H2,1-3H3,(H,27,34)/t19?,20-,21+,24-/m0/s1. The Bertz CT molecular complexity index is 1320. The van der Waals surface area contributed by atoms with Gasteiger partial charge in [0.1, 0.15) is 6.23 Å². The molecular weight excluding hydrogens is 508 g/mol. The van der Waals surface area contributed by atoms with Crippen LogP contribution in [0.4, 0.5) is 4.79 Å². The SMILES string of the molecule is CC(C)n1c(=O)n(C(=O)NC2C[C@H]3CC[C@@H](C2)N3[C@@H](O)CCN2CCN(S(C)(=O)=O)CC2)c2ccccc21. The summed E-state index contributed by atoms with van der Waals surface area (Å²) in [5.74, 6) is 0. The lowest BCUT2D eigenvalue weighted by Gasteiger charge is -2.42. The Morgan fingerprint density at radius 3 is 2.24 bits per heavy atom. The minimum Gasteiger partial charge on any atom is -0.378 e. The summed E-state index contributed by atoms with van der Waals surface area (Å²) in [6.07, 6.45) is 4.72. The Balaban J connectivity index is 1.18. The molecule has 3 aliphatic rings. The van der Waals surface area contributed by atoms with Gasteiger partial charge in [-0.15, -0.1) is 0 Å². The highest BCUT2D eigenvalue weighted by molar-refractivity contribution is 7.88. The minimum absolute atomic E-state index is 0.0550. The molecule has 210 valence electrons. The van der Waals surface area contributed by atoms with Crippen LogP contribution in [-0.2, 0) is 10.0 Å². The molecule has 1 aromatic carbocycles. The van der Waals surface area contributed by atoms with E-state index in [1.807, 2.05) is 32.0 Å². The number of rotatable bonds is 7. The fraction of sp³-hybridized carbons (Fsp3) is 0.692. The summed E-state index contributed by atoms with van der Waals surface area (Å²) in [6.45, 7) is 6.92. The summed E-state index contributed by atoms with van der Waals surface area (Å²) in [4.78, 5) is 30.9. The van der Waals surface area contributed by atoms with Crippen molar-refractivity contribution in [3.63, 3.8) is 0 Å². The van der Waals surface area contributed by atoms with Gasteiger partial charge in [0.05, 0.1) is 17.3 Å². The van der Waals surface area contributed by atoms with Crippen LogP contribution in [0.5, 0.6) is 0 Å². The molecule has 3 aliphatic heterocycles. The van der Waals surface area contributed by atoms with Crippen molar-refractivity contribution in [2.24, 2.45) is 0 Å². The summed E-state index contributed by atoms with van der Waals surface area (Å²) >= 11 is 0. The van der Waals surface area contributed by atoms with Crippen LogP contribution in [0, 0.1) is 0 Å². The summed E-state index contributed by atoms with van der Waals surface area (Å²) in [5, 5.41) is 14.2. The normalized spacial score (nSPS) is 26.3. The lowest BCUT2D eigenvalue weighted by atomic mass is 9.96. The lowest BCUT2D eigenvalue weighted by molar-refractivity contribution is -0.0599. The molecule has 0 spiro atoms. The van der Waals surface area contributed by atoms with Gasteiger partial charge in [-0.1, -0.05) is 12.1 Å². The molecule has 3 fully saturated rings. The predicted octanol–water partition coefficient (Wildman–Crippen LogP) is 1.22. The summed E-state index contributed by atoms with van der Waals surface area (Å²) < 4.78 is 27.9. The molecule has 0 saturated carbocycles. The number of carbonyl (C=O) groups excluding carboxylic acids is 1. The van der Waals surface area contributed by atoms with Crippen molar-refractivity contribution < 1.29 is 18.3 Å². The first kappa shape index (κ1) is 27.3. The zero-order valence-electron chi connectivity index (χ0n) is 22.5. The number of para-hydroxylation sites is 2. The van der Waals surface area contributed by atoms with Gasteiger partial charge >= 0.3 is 11.7 Å². The second kappa shape index (κ2) is 10.7. The molecular formula is C26H40N6O5S. The van der Waals surface area contributed by atoms with Gasteiger partial charge in [0.15, 0.2) is 0 Å². The van der Waals surface area contributed by atoms with E-state index in [0.717, 1.165) is 37.7 Å². The number of nitrogens with zero attached hydrogens (tertiary/aromatic N) is 5. The largest absolute Gasteiger partial charge is 0.378 e. The number of imidazole rings is 1. The predicted molar refractivity (Wildman–Crippen MR) is 146 cm³/mol. The molecule has 2 bridgehead atoms. The van der Waals surface area contributed by atoms with Crippen molar-refractivity contribution in [1.82, 2.24) is 28.6 Å². The van der Waals surface area contributed by atoms with E-state index in [2.05, 4.69) is 15.1 Å². The molecule has 12 heteroatoms. The monoisotopic (exact) mass is 548 g/mol. The second-order valence-electron chi connectivity index (χ2n) is 11.3. The van der Waals surface area contributed by atoms with Crippen LogP contribution in [0.3, 0.4) is 0 Å². The van der Waals surface area contributed by atoms with Crippen molar-refractivity contribution in [3.05, 3.63) is 34.7 Å². The third-order valence-corrected chi connectivity index (χ3v) is 9.77. The number of piperazine rings is 1. The fourth-order valence-corrected chi connectivity index (χ4v) is 7.48. The maximum atomic E-state index is 13.3. The van der Waals surface area contributed by atoms with Crippen LogP contribution in [0.15, 0.2) is 29.1 Å². The molecule has 11 nitrogen and oxygen atoms in total. The Morgan fingerprint density at radius 2 is 1.66 bits per heavy atom. The van der Waals surface area contributed by atoms with Crippen LogP contribution in [0.2, 0.25) is 0 Å². The van der Waals surface area contributed by atoms with Gasteiger partial charge in [-0.3, -0.25) is 9.47 Å². The number of benzene rings is 1. The lowest BCUT2D eigenvalue weighted by Crippen LogP contribution is -2.55. The Hall–Kier alpha value is -2.25. The van der Waals surface area contributed by atoms with E-state index < -0.39 is 22.3 Å². The van der Waals surface area contributed by atoms with Crippen LogP contribution < -0.4 is 11.0 Å². The summed E-state index contributed by atoms with van der Waals surface area (Å²) in [7, 11) is -3.15. The van der Waals surface area contributed by atoms with Gasteiger partial charge in [0.2, 0.25) is 10.0 Å². The van der Waals surface area contributed by atoms with E-state index >= 15 is 0 Å². The molecule has 4 heterocycles. The molecule has 38 heavy (non-hydrogen) atoms. The third kappa shape index (κ3) is 5.29. The highest BCUT2D eigenvalue weighted by Gasteiger charge is 2.44. The van der Waals surface area contributed by atoms with Crippen LogP contribution in [-0.4, -0.2) is 106 Å². The number of fused-ring (bicyclic) bond motifs is 3. The molecule has 0 aliphatic carbocycles. The highest BCUT2D eigenvalue weighted by Crippen LogP contribution is 2.37. The number of hydrogen-bond acceptors (Lipinski definition) is 7. The average Bonchev–Trinajstić information content (AvgIpc) is 3.32. The fourth-order valence-electron chi connectivity index (χ4n) is 6.65. The number of amides is 1. The molecule has 5 rings (SSSR count). The Morgan fingerprint density at radius 1 is 1.05 bits per heavy atom. The van der Waals surface area contributed by atoms with Gasteiger partial charge < -0.3 is 15.3 Å². The molecule has 4 atom stereocenters. The van der Waals surface area contributed by atoms with Crippen LogP contribution in [0.25, 0.3) is 11.0 Å². The maximum absolute atomic E-state index is 13.3.